The summed E-state index contributed by atoms with van der Waals surface area (Å²) in [6.45, 7) is 0. The highest BCUT2D eigenvalue weighted by atomic mass is 19.1. The second-order valence-corrected chi connectivity index (χ2v) is 5.17. The number of aromatic nitrogens is 2. The summed E-state index contributed by atoms with van der Waals surface area (Å²) in [5, 5.41) is 0.629. The molecule has 0 saturated heterocycles. The molecule has 108 valence electrons. The van der Waals surface area contributed by atoms with E-state index in [4.69, 9.17) is 5.73 Å². The lowest BCUT2D eigenvalue weighted by molar-refractivity contribution is 0.630. The molecule has 2 aromatic heterocycles. The summed E-state index contributed by atoms with van der Waals surface area (Å²) >= 11 is 0. The minimum atomic E-state index is -0.378. The highest BCUT2D eigenvalue weighted by Gasteiger charge is 2.16. The number of hydrogen-bond acceptors (Lipinski definition) is 2. The Morgan fingerprint density at radius 2 is 1.73 bits per heavy atom. The van der Waals surface area contributed by atoms with Gasteiger partial charge in [0.2, 0.25) is 0 Å². The van der Waals surface area contributed by atoms with Gasteiger partial charge in [-0.05, 0) is 23.8 Å². The second kappa shape index (κ2) is 4.46. The van der Waals surface area contributed by atoms with Crippen LogP contribution in [0.5, 0.6) is 0 Å². The number of rotatable bonds is 1. The predicted octanol–water partition coefficient (Wildman–Crippen LogP) is 3.40. The third kappa shape index (κ3) is 1.72. The number of benzene rings is 2. The second-order valence-electron chi connectivity index (χ2n) is 5.17. The molecule has 4 nitrogen and oxygen atoms in total. The van der Waals surface area contributed by atoms with Gasteiger partial charge in [-0.3, -0.25) is 4.79 Å². The number of pyridine rings is 1. The van der Waals surface area contributed by atoms with Gasteiger partial charge >= 0.3 is 0 Å². The van der Waals surface area contributed by atoms with Crippen molar-refractivity contribution >= 4 is 27.6 Å². The van der Waals surface area contributed by atoms with Crippen LogP contribution >= 0.6 is 0 Å². The van der Waals surface area contributed by atoms with Crippen LogP contribution in [0.4, 0.5) is 10.1 Å². The lowest BCUT2D eigenvalue weighted by atomic mass is 10.0. The maximum Gasteiger partial charge on any atom is 0.272 e. The molecular weight excluding hydrogens is 281 g/mol. The SMILES string of the molecule is Nc1c(-c2ccccc2)c2[nH]c3ccc(F)cc3c2[nH]c1=O. The maximum absolute atomic E-state index is 13.5. The molecule has 4 rings (SSSR count). The largest absolute Gasteiger partial charge is 0.394 e. The molecule has 2 heterocycles. The van der Waals surface area contributed by atoms with E-state index in [1.807, 2.05) is 30.3 Å². The van der Waals surface area contributed by atoms with Gasteiger partial charge in [-0.2, -0.15) is 0 Å². The van der Waals surface area contributed by atoms with Gasteiger partial charge in [-0.1, -0.05) is 30.3 Å². The molecule has 2 aromatic carbocycles. The van der Waals surface area contributed by atoms with E-state index in [9.17, 15) is 9.18 Å². The van der Waals surface area contributed by atoms with E-state index < -0.39 is 0 Å². The zero-order valence-corrected chi connectivity index (χ0v) is 11.5. The quantitative estimate of drug-likeness (QED) is 0.503. The number of nitrogen functional groups attached to an aromatic ring is 1. The summed E-state index contributed by atoms with van der Waals surface area (Å²) in [6.07, 6.45) is 0. The third-order valence-electron chi connectivity index (χ3n) is 3.83. The smallest absolute Gasteiger partial charge is 0.272 e. The first-order chi connectivity index (χ1) is 10.6. The Labute approximate surface area is 124 Å². The first-order valence-corrected chi connectivity index (χ1v) is 6.83. The molecule has 0 fully saturated rings. The van der Waals surface area contributed by atoms with Crippen molar-refractivity contribution in [1.82, 2.24) is 9.97 Å². The standard InChI is InChI=1S/C17H12FN3O/c18-10-6-7-12-11(8-10)15-16(20-12)13(14(19)17(22)21-15)9-4-2-1-3-5-9/h1-8,20H,19H2,(H,21,22). The van der Waals surface area contributed by atoms with Crippen LogP contribution in [0.25, 0.3) is 33.1 Å². The summed E-state index contributed by atoms with van der Waals surface area (Å²) < 4.78 is 13.5. The van der Waals surface area contributed by atoms with Crippen LogP contribution in [0.2, 0.25) is 0 Å². The Kier molecular flexibility index (Phi) is 2.56. The monoisotopic (exact) mass is 293 g/mol. The van der Waals surface area contributed by atoms with Crippen LogP contribution in [-0.2, 0) is 0 Å². The van der Waals surface area contributed by atoms with E-state index in [0.29, 0.717) is 22.0 Å². The third-order valence-corrected chi connectivity index (χ3v) is 3.83. The van der Waals surface area contributed by atoms with Gasteiger partial charge < -0.3 is 15.7 Å². The summed E-state index contributed by atoms with van der Waals surface area (Å²) in [5.74, 6) is -0.354. The molecule has 0 unspecified atom stereocenters. The van der Waals surface area contributed by atoms with Gasteiger partial charge in [0.25, 0.3) is 5.56 Å². The molecule has 5 heteroatoms. The summed E-state index contributed by atoms with van der Waals surface area (Å²) in [7, 11) is 0. The molecule has 0 saturated carbocycles. The van der Waals surface area contributed by atoms with Crippen molar-refractivity contribution in [3.8, 4) is 11.1 Å². The fraction of sp³-hybridized carbons (Fsp3) is 0. The Morgan fingerprint density at radius 3 is 2.50 bits per heavy atom. The van der Waals surface area contributed by atoms with E-state index in [1.165, 1.54) is 12.1 Å². The Hall–Kier alpha value is -3.08. The van der Waals surface area contributed by atoms with Crippen LogP contribution in [0, 0.1) is 5.82 Å². The average molecular weight is 293 g/mol. The molecular formula is C17H12FN3O. The molecule has 0 amide bonds. The topological polar surface area (TPSA) is 74.7 Å². The number of aromatic amines is 2. The summed E-state index contributed by atoms with van der Waals surface area (Å²) in [4.78, 5) is 18.1. The first-order valence-electron chi connectivity index (χ1n) is 6.83. The lowest BCUT2D eigenvalue weighted by Crippen LogP contribution is -2.13. The first kappa shape index (κ1) is 12.6. The molecule has 4 N–H and O–H groups in total. The molecule has 0 radical (unpaired) electrons. The number of H-pyrrole nitrogens is 2. The van der Waals surface area contributed by atoms with Gasteiger partial charge in [0, 0.05) is 16.5 Å². The summed E-state index contributed by atoms with van der Waals surface area (Å²) in [5.41, 5.74) is 9.24. The minimum Gasteiger partial charge on any atom is -0.394 e. The number of anilines is 1. The molecule has 0 atom stereocenters. The van der Waals surface area contributed by atoms with Gasteiger partial charge in [-0.15, -0.1) is 0 Å². The number of nitrogens with one attached hydrogen (secondary N) is 2. The Bertz CT molecular complexity index is 1060. The van der Waals surface area contributed by atoms with Gasteiger partial charge in [0.1, 0.15) is 11.5 Å². The van der Waals surface area contributed by atoms with Crippen LogP contribution in [0.1, 0.15) is 0 Å². The van der Waals surface area contributed by atoms with Gasteiger partial charge in [0.15, 0.2) is 0 Å². The lowest BCUT2D eigenvalue weighted by Gasteiger charge is -2.06. The maximum atomic E-state index is 13.5. The number of hydrogen-bond donors (Lipinski definition) is 3. The fourth-order valence-electron chi connectivity index (χ4n) is 2.82. The number of nitrogens with two attached hydrogens (primary N) is 1. The molecule has 4 aromatic rings. The Balaban J connectivity index is 2.22. The van der Waals surface area contributed by atoms with E-state index >= 15 is 0 Å². The van der Waals surface area contributed by atoms with Gasteiger partial charge in [-0.25, -0.2) is 4.39 Å². The highest BCUT2D eigenvalue weighted by Crippen LogP contribution is 2.34. The molecule has 0 bridgehead atoms. The van der Waals surface area contributed by atoms with Crippen molar-refractivity contribution in [3.63, 3.8) is 0 Å². The predicted molar refractivity (Wildman–Crippen MR) is 86.2 cm³/mol. The zero-order chi connectivity index (χ0) is 15.3. The van der Waals surface area contributed by atoms with Crippen LogP contribution < -0.4 is 11.3 Å². The van der Waals surface area contributed by atoms with Crippen LogP contribution in [0.15, 0.2) is 53.3 Å². The highest BCUT2D eigenvalue weighted by molar-refractivity contribution is 6.11. The number of fused-ring (bicyclic) bond motifs is 3. The minimum absolute atomic E-state index is 0.144. The summed E-state index contributed by atoms with van der Waals surface area (Å²) in [6, 6.07) is 13.8. The van der Waals surface area contributed by atoms with Crippen molar-refractivity contribution in [2.45, 2.75) is 0 Å². The average Bonchev–Trinajstić information content (AvgIpc) is 2.87. The molecule has 22 heavy (non-hydrogen) atoms. The van der Waals surface area contributed by atoms with Crippen molar-refractivity contribution in [2.75, 3.05) is 5.73 Å². The van der Waals surface area contributed by atoms with E-state index in [-0.39, 0.29) is 17.1 Å². The van der Waals surface area contributed by atoms with Gasteiger partial charge in [0.05, 0.1) is 11.0 Å². The van der Waals surface area contributed by atoms with Crippen molar-refractivity contribution < 1.29 is 4.39 Å². The van der Waals surface area contributed by atoms with Crippen molar-refractivity contribution in [2.24, 2.45) is 0 Å². The Morgan fingerprint density at radius 1 is 0.955 bits per heavy atom. The van der Waals surface area contributed by atoms with E-state index in [2.05, 4.69) is 9.97 Å². The van der Waals surface area contributed by atoms with Crippen molar-refractivity contribution in [1.29, 1.82) is 0 Å². The number of halogens is 1. The zero-order valence-electron chi connectivity index (χ0n) is 11.5. The van der Waals surface area contributed by atoms with Crippen molar-refractivity contribution in [3.05, 3.63) is 64.7 Å². The van der Waals surface area contributed by atoms with E-state index in [0.717, 1.165) is 11.1 Å². The molecule has 0 spiro atoms. The fourth-order valence-corrected chi connectivity index (χ4v) is 2.82. The molecule has 0 aliphatic heterocycles. The van der Waals surface area contributed by atoms with Crippen LogP contribution in [0.3, 0.4) is 0 Å². The molecule has 0 aliphatic carbocycles. The van der Waals surface area contributed by atoms with E-state index in [1.54, 1.807) is 6.07 Å². The normalized spacial score (nSPS) is 11.3. The molecule has 0 aliphatic rings. The van der Waals surface area contributed by atoms with Crippen LogP contribution in [-0.4, -0.2) is 9.97 Å².